The van der Waals surface area contributed by atoms with Crippen molar-refractivity contribution in [1.82, 2.24) is 0 Å². The number of hydrogen-bond acceptors (Lipinski definition) is 2. The van der Waals surface area contributed by atoms with Gasteiger partial charge in [-0.05, 0) is 52.6 Å². The second-order valence-electron chi connectivity index (χ2n) is 2.87. The van der Waals surface area contributed by atoms with Crippen LogP contribution in [0.1, 0.15) is 5.56 Å². The molecular formula is C10H9IOS. The molecule has 0 atom stereocenters. The third-order valence-corrected chi connectivity index (χ3v) is 4.21. The fourth-order valence-corrected chi connectivity index (χ4v) is 3.28. The highest BCUT2D eigenvalue weighted by atomic mass is 127. The molecule has 2 rings (SSSR count). The lowest BCUT2D eigenvalue weighted by molar-refractivity contribution is 0.412. The number of methoxy groups -OCH3 is 1. The van der Waals surface area contributed by atoms with E-state index in [0.29, 0.717) is 0 Å². The van der Waals surface area contributed by atoms with Gasteiger partial charge >= 0.3 is 0 Å². The summed E-state index contributed by atoms with van der Waals surface area (Å²) < 4.78 is 7.88. The summed E-state index contributed by atoms with van der Waals surface area (Å²) in [5.41, 5.74) is 1.29. The van der Waals surface area contributed by atoms with Gasteiger partial charge in [0.1, 0.15) is 5.75 Å². The Balaban J connectivity index is 2.85. The third kappa shape index (κ3) is 1.44. The van der Waals surface area contributed by atoms with E-state index < -0.39 is 0 Å². The number of halogens is 1. The number of aryl methyl sites for hydroxylation is 1. The highest BCUT2D eigenvalue weighted by Crippen LogP contribution is 2.34. The van der Waals surface area contributed by atoms with E-state index in [0.717, 1.165) is 5.75 Å². The largest absolute Gasteiger partial charge is 0.496 e. The molecule has 68 valence electrons. The summed E-state index contributed by atoms with van der Waals surface area (Å²) >= 11 is 4.12. The predicted molar refractivity (Wildman–Crippen MR) is 65.8 cm³/mol. The molecule has 1 heterocycles. The van der Waals surface area contributed by atoms with E-state index in [2.05, 4.69) is 47.0 Å². The Morgan fingerprint density at radius 1 is 1.46 bits per heavy atom. The zero-order valence-electron chi connectivity index (χ0n) is 7.43. The number of fused-ring (bicyclic) bond motifs is 1. The minimum Gasteiger partial charge on any atom is -0.496 e. The lowest BCUT2D eigenvalue weighted by Crippen LogP contribution is -1.88. The van der Waals surface area contributed by atoms with Crippen molar-refractivity contribution < 1.29 is 4.74 Å². The van der Waals surface area contributed by atoms with E-state index in [1.54, 1.807) is 18.4 Å². The molecule has 0 amide bonds. The molecule has 0 saturated heterocycles. The first-order chi connectivity index (χ1) is 6.24. The number of hydrogen-bond donors (Lipinski definition) is 0. The van der Waals surface area contributed by atoms with E-state index in [1.165, 1.54) is 19.2 Å². The maximum absolute atomic E-state index is 5.30. The summed E-state index contributed by atoms with van der Waals surface area (Å²) in [5, 5.41) is 3.43. The molecule has 0 bridgehead atoms. The number of ether oxygens (including phenoxy) is 1. The van der Waals surface area contributed by atoms with Gasteiger partial charge in [-0.15, -0.1) is 11.3 Å². The smallest absolute Gasteiger partial charge is 0.133 e. The third-order valence-electron chi connectivity index (χ3n) is 2.04. The molecular weight excluding hydrogens is 295 g/mol. The Bertz CT molecular complexity index is 447. The van der Waals surface area contributed by atoms with Crippen LogP contribution >= 0.6 is 33.9 Å². The molecule has 13 heavy (non-hydrogen) atoms. The summed E-state index contributed by atoms with van der Waals surface area (Å²) in [6.45, 7) is 2.12. The standard InChI is InChI=1S/C10H9IOS/c1-6-5-8(12-2)9(11)7-3-4-13-10(6)7/h3-5H,1-2H3. The Hall–Kier alpha value is -0.290. The SMILES string of the molecule is COc1cc(C)c2sccc2c1I. The van der Waals surface area contributed by atoms with E-state index in [-0.39, 0.29) is 0 Å². The average Bonchev–Trinajstić information content (AvgIpc) is 2.60. The molecule has 0 unspecified atom stereocenters. The molecule has 1 nitrogen and oxygen atoms in total. The van der Waals surface area contributed by atoms with Crippen molar-refractivity contribution in [3.63, 3.8) is 0 Å². The first-order valence-corrected chi connectivity index (χ1v) is 5.90. The Kier molecular flexibility index (Phi) is 2.47. The van der Waals surface area contributed by atoms with Crippen LogP contribution in [0.5, 0.6) is 5.75 Å². The predicted octanol–water partition coefficient (Wildman–Crippen LogP) is 3.82. The van der Waals surface area contributed by atoms with E-state index >= 15 is 0 Å². The van der Waals surface area contributed by atoms with Crippen LogP contribution < -0.4 is 4.74 Å². The summed E-state index contributed by atoms with van der Waals surface area (Å²) in [4.78, 5) is 0. The van der Waals surface area contributed by atoms with Crippen molar-refractivity contribution in [2.24, 2.45) is 0 Å². The second-order valence-corrected chi connectivity index (χ2v) is 4.87. The molecule has 0 fully saturated rings. The Labute approximate surface area is 94.9 Å². The highest BCUT2D eigenvalue weighted by molar-refractivity contribution is 14.1. The monoisotopic (exact) mass is 304 g/mol. The van der Waals surface area contributed by atoms with Crippen molar-refractivity contribution in [3.8, 4) is 5.75 Å². The van der Waals surface area contributed by atoms with Crippen molar-refractivity contribution in [3.05, 3.63) is 26.6 Å². The normalized spacial score (nSPS) is 10.7. The zero-order valence-corrected chi connectivity index (χ0v) is 10.4. The fourth-order valence-electron chi connectivity index (χ4n) is 1.39. The van der Waals surface area contributed by atoms with Crippen LogP contribution in [0.4, 0.5) is 0 Å². The molecule has 0 spiro atoms. The Morgan fingerprint density at radius 3 is 2.92 bits per heavy atom. The molecule has 1 aromatic heterocycles. The minimum atomic E-state index is 0.976. The van der Waals surface area contributed by atoms with E-state index in [4.69, 9.17) is 4.74 Å². The van der Waals surface area contributed by atoms with Gasteiger partial charge in [0.05, 0.1) is 10.7 Å². The van der Waals surface area contributed by atoms with Crippen LogP contribution in [0, 0.1) is 10.5 Å². The molecule has 3 heteroatoms. The van der Waals surface area contributed by atoms with Crippen LogP contribution in [0.3, 0.4) is 0 Å². The van der Waals surface area contributed by atoms with Crippen LogP contribution in [0.2, 0.25) is 0 Å². The summed E-state index contributed by atoms with van der Waals surface area (Å²) in [6.07, 6.45) is 0. The lowest BCUT2D eigenvalue weighted by atomic mass is 10.2. The van der Waals surface area contributed by atoms with Gasteiger partial charge in [0, 0.05) is 10.1 Å². The maximum atomic E-state index is 5.30. The summed E-state index contributed by atoms with van der Waals surface area (Å²) in [7, 11) is 1.72. The van der Waals surface area contributed by atoms with E-state index in [9.17, 15) is 0 Å². The van der Waals surface area contributed by atoms with Crippen LogP contribution in [-0.4, -0.2) is 7.11 Å². The van der Waals surface area contributed by atoms with E-state index in [1.807, 2.05) is 0 Å². The number of benzene rings is 1. The van der Waals surface area contributed by atoms with Crippen LogP contribution in [0.15, 0.2) is 17.5 Å². The minimum absolute atomic E-state index is 0.976. The molecule has 2 aromatic rings. The summed E-state index contributed by atoms with van der Waals surface area (Å²) in [6, 6.07) is 4.25. The quantitative estimate of drug-likeness (QED) is 0.728. The number of rotatable bonds is 1. The topological polar surface area (TPSA) is 9.23 Å². The van der Waals surface area contributed by atoms with Gasteiger partial charge in [0.15, 0.2) is 0 Å². The molecule has 0 aliphatic rings. The zero-order chi connectivity index (χ0) is 9.42. The van der Waals surface area contributed by atoms with Gasteiger partial charge in [-0.3, -0.25) is 0 Å². The van der Waals surface area contributed by atoms with Crippen LogP contribution in [-0.2, 0) is 0 Å². The molecule has 0 aliphatic carbocycles. The first-order valence-electron chi connectivity index (χ1n) is 3.94. The second kappa shape index (κ2) is 3.46. The molecule has 0 saturated carbocycles. The average molecular weight is 304 g/mol. The van der Waals surface area contributed by atoms with Crippen molar-refractivity contribution >= 4 is 44.0 Å². The Morgan fingerprint density at radius 2 is 2.23 bits per heavy atom. The highest BCUT2D eigenvalue weighted by Gasteiger charge is 2.08. The van der Waals surface area contributed by atoms with Gasteiger partial charge in [0.25, 0.3) is 0 Å². The lowest BCUT2D eigenvalue weighted by Gasteiger charge is -2.06. The molecule has 1 aromatic carbocycles. The molecule has 0 N–H and O–H groups in total. The molecule has 0 radical (unpaired) electrons. The van der Waals surface area contributed by atoms with Crippen LogP contribution in [0.25, 0.3) is 10.1 Å². The van der Waals surface area contributed by atoms with Crippen molar-refractivity contribution in [2.45, 2.75) is 6.92 Å². The fraction of sp³-hybridized carbons (Fsp3) is 0.200. The van der Waals surface area contributed by atoms with Gasteiger partial charge < -0.3 is 4.74 Å². The van der Waals surface area contributed by atoms with Crippen molar-refractivity contribution in [2.75, 3.05) is 7.11 Å². The van der Waals surface area contributed by atoms with Gasteiger partial charge in [-0.1, -0.05) is 0 Å². The summed E-state index contributed by atoms with van der Waals surface area (Å²) in [5.74, 6) is 0.976. The van der Waals surface area contributed by atoms with Crippen molar-refractivity contribution in [1.29, 1.82) is 0 Å². The first kappa shape index (κ1) is 9.27. The molecule has 0 aliphatic heterocycles. The van der Waals surface area contributed by atoms with Gasteiger partial charge in [0.2, 0.25) is 0 Å². The van der Waals surface area contributed by atoms with Gasteiger partial charge in [-0.25, -0.2) is 0 Å². The van der Waals surface area contributed by atoms with Gasteiger partial charge in [-0.2, -0.15) is 0 Å². The maximum Gasteiger partial charge on any atom is 0.133 e. The number of thiophene rings is 1.